The molecule has 4 nitrogen and oxygen atoms in total. The molecule has 112 valence electrons. The summed E-state index contributed by atoms with van der Waals surface area (Å²) in [5.41, 5.74) is 2.21. The van der Waals surface area contributed by atoms with Crippen molar-refractivity contribution in [2.24, 2.45) is 0 Å². The lowest BCUT2D eigenvalue weighted by Crippen LogP contribution is -2.32. The van der Waals surface area contributed by atoms with Crippen molar-refractivity contribution in [1.82, 2.24) is 9.88 Å². The molecule has 2 heterocycles. The van der Waals surface area contributed by atoms with Gasteiger partial charge in [0.2, 0.25) is 0 Å². The molecule has 0 radical (unpaired) electrons. The molecule has 0 bridgehead atoms. The Bertz CT molecular complexity index is 693. The summed E-state index contributed by atoms with van der Waals surface area (Å²) in [4.78, 5) is 17.5. The first kappa shape index (κ1) is 14.3. The quantitative estimate of drug-likeness (QED) is 0.904. The van der Waals surface area contributed by atoms with E-state index in [-0.39, 0.29) is 18.2 Å². The third-order valence-electron chi connectivity index (χ3n) is 4.55. The standard InChI is InChI=1S/C17H22N2O2/c1-2-16-15(10-19-9-5-6-12(19)11-20)13-7-3-4-8-14(13)17(21)18-16/h3-4,7-8,12,20H,2,5-6,9-11H2,1H3,(H,18,21). The molecule has 1 fully saturated rings. The van der Waals surface area contributed by atoms with E-state index < -0.39 is 0 Å². The van der Waals surface area contributed by atoms with Gasteiger partial charge in [0.05, 0.1) is 6.61 Å². The number of fused-ring (bicyclic) bond motifs is 1. The molecule has 3 rings (SSSR count). The average Bonchev–Trinajstić information content (AvgIpc) is 2.97. The molecule has 1 atom stereocenters. The number of aromatic amines is 1. The van der Waals surface area contributed by atoms with Gasteiger partial charge in [-0.15, -0.1) is 0 Å². The number of rotatable bonds is 4. The molecule has 2 aromatic rings. The second-order valence-electron chi connectivity index (χ2n) is 5.76. The second kappa shape index (κ2) is 6.00. The number of hydrogen-bond acceptors (Lipinski definition) is 3. The van der Waals surface area contributed by atoms with Crippen LogP contribution in [-0.4, -0.2) is 34.2 Å². The van der Waals surface area contributed by atoms with Gasteiger partial charge in [0.15, 0.2) is 0 Å². The largest absolute Gasteiger partial charge is 0.395 e. The van der Waals surface area contributed by atoms with Gasteiger partial charge >= 0.3 is 0 Å². The van der Waals surface area contributed by atoms with Crippen LogP contribution < -0.4 is 5.56 Å². The minimum atomic E-state index is -0.00803. The average molecular weight is 286 g/mol. The number of aliphatic hydroxyl groups excluding tert-OH is 1. The zero-order chi connectivity index (χ0) is 14.8. The lowest BCUT2D eigenvalue weighted by molar-refractivity contribution is 0.153. The Morgan fingerprint density at radius 2 is 2.10 bits per heavy atom. The molecule has 1 saturated heterocycles. The molecule has 1 aliphatic heterocycles. The van der Waals surface area contributed by atoms with Crippen LogP contribution in [0.1, 0.15) is 31.0 Å². The summed E-state index contributed by atoms with van der Waals surface area (Å²) in [6, 6.07) is 8.05. The van der Waals surface area contributed by atoms with E-state index in [4.69, 9.17) is 0 Å². The number of benzene rings is 1. The van der Waals surface area contributed by atoms with E-state index in [0.29, 0.717) is 0 Å². The summed E-state index contributed by atoms with van der Waals surface area (Å²) < 4.78 is 0. The minimum Gasteiger partial charge on any atom is -0.395 e. The molecule has 1 aliphatic rings. The maximum atomic E-state index is 12.2. The lowest BCUT2D eigenvalue weighted by atomic mass is 10.0. The fourth-order valence-electron chi connectivity index (χ4n) is 3.38. The van der Waals surface area contributed by atoms with Crippen LogP contribution in [0.25, 0.3) is 10.8 Å². The molecule has 0 aliphatic carbocycles. The summed E-state index contributed by atoms with van der Waals surface area (Å²) in [5, 5.41) is 11.3. The highest BCUT2D eigenvalue weighted by molar-refractivity contribution is 5.85. The summed E-state index contributed by atoms with van der Waals surface area (Å²) in [6.07, 6.45) is 3.00. The third kappa shape index (κ3) is 2.61. The monoisotopic (exact) mass is 286 g/mol. The van der Waals surface area contributed by atoms with E-state index in [0.717, 1.165) is 48.8 Å². The predicted molar refractivity (Wildman–Crippen MR) is 84.5 cm³/mol. The Morgan fingerprint density at radius 1 is 1.33 bits per heavy atom. The molecule has 1 unspecified atom stereocenters. The molecule has 4 heteroatoms. The van der Waals surface area contributed by atoms with Crippen molar-refractivity contribution in [3.8, 4) is 0 Å². The zero-order valence-corrected chi connectivity index (χ0v) is 12.4. The molecule has 2 N–H and O–H groups in total. The molecule has 21 heavy (non-hydrogen) atoms. The van der Waals surface area contributed by atoms with Crippen LogP contribution in [-0.2, 0) is 13.0 Å². The van der Waals surface area contributed by atoms with Crippen molar-refractivity contribution in [1.29, 1.82) is 0 Å². The Labute approximate surface area is 124 Å². The number of aryl methyl sites for hydroxylation is 1. The van der Waals surface area contributed by atoms with Crippen LogP contribution in [0.4, 0.5) is 0 Å². The van der Waals surface area contributed by atoms with E-state index in [1.165, 1.54) is 5.56 Å². The van der Waals surface area contributed by atoms with Crippen LogP contribution in [0.15, 0.2) is 29.1 Å². The van der Waals surface area contributed by atoms with Crippen molar-refractivity contribution < 1.29 is 5.11 Å². The second-order valence-corrected chi connectivity index (χ2v) is 5.76. The van der Waals surface area contributed by atoms with Gasteiger partial charge in [-0.2, -0.15) is 0 Å². The Kier molecular flexibility index (Phi) is 4.08. The summed E-state index contributed by atoms with van der Waals surface area (Å²) >= 11 is 0. The SMILES string of the molecule is CCc1[nH]c(=O)c2ccccc2c1CN1CCCC1CO. The fraction of sp³-hybridized carbons (Fsp3) is 0.471. The van der Waals surface area contributed by atoms with Crippen LogP contribution in [0.5, 0.6) is 0 Å². The van der Waals surface area contributed by atoms with Gasteiger partial charge in [-0.1, -0.05) is 25.1 Å². The first-order chi connectivity index (χ1) is 10.2. The molecule has 0 amide bonds. The van der Waals surface area contributed by atoms with Crippen molar-refractivity contribution >= 4 is 10.8 Å². The van der Waals surface area contributed by atoms with Gasteiger partial charge in [0.1, 0.15) is 0 Å². The first-order valence-electron chi connectivity index (χ1n) is 7.72. The van der Waals surface area contributed by atoms with Gasteiger partial charge in [-0.3, -0.25) is 9.69 Å². The Hall–Kier alpha value is -1.65. The maximum absolute atomic E-state index is 12.2. The number of aromatic nitrogens is 1. The molecule has 0 spiro atoms. The van der Waals surface area contributed by atoms with Crippen molar-refractivity contribution in [2.75, 3.05) is 13.2 Å². The van der Waals surface area contributed by atoms with Gasteiger partial charge in [0, 0.05) is 23.7 Å². The molecule has 0 saturated carbocycles. The number of H-pyrrole nitrogens is 1. The number of nitrogens with zero attached hydrogens (tertiary/aromatic N) is 1. The number of nitrogens with one attached hydrogen (secondary N) is 1. The molecule has 1 aromatic carbocycles. The van der Waals surface area contributed by atoms with Crippen LogP contribution in [0, 0.1) is 0 Å². The van der Waals surface area contributed by atoms with E-state index in [1.54, 1.807) is 0 Å². The van der Waals surface area contributed by atoms with Gasteiger partial charge in [0.25, 0.3) is 5.56 Å². The predicted octanol–water partition coefficient (Wildman–Crippen LogP) is 2.05. The van der Waals surface area contributed by atoms with Crippen LogP contribution in [0.2, 0.25) is 0 Å². The lowest BCUT2D eigenvalue weighted by Gasteiger charge is -2.24. The van der Waals surface area contributed by atoms with Crippen molar-refractivity contribution in [3.05, 3.63) is 45.9 Å². The van der Waals surface area contributed by atoms with Crippen molar-refractivity contribution in [3.63, 3.8) is 0 Å². The number of likely N-dealkylation sites (tertiary alicyclic amines) is 1. The number of aliphatic hydroxyl groups is 1. The number of hydrogen-bond donors (Lipinski definition) is 2. The van der Waals surface area contributed by atoms with E-state index in [1.807, 2.05) is 24.3 Å². The van der Waals surface area contributed by atoms with E-state index in [9.17, 15) is 9.90 Å². The highest BCUT2D eigenvalue weighted by Gasteiger charge is 2.25. The Balaban J connectivity index is 2.08. The third-order valence-corrected chi connectivity index (χ3v) is 4.55. The zero-order valence-electron chi connectivity index (χ0n) is 12.4. The van der Waals surface area contributed by atoms with E-state index >= 15 is 0 Å². The van der Waals surface area contributed by atoms with Gasteiger partial charge in [-0.05, 0) is 42.8 Å². The fourth-order valence-corrected chi connectivity index (χ4v) is 3.38. The normalized spacial score (nSPS) is 19.4. The van der Waals surface area contributed by atoms with E-state index in [2.05, 4.69) is 16.8 Å². The molecular weight excluding hydrogens is 264 g/mol. The van der Waals surface area contributed by atoms with Gasteiger partial charge < -0.3 is 10.1 Å². The topological polar surface area (TPSA) is 56.3 Å². The van der Waals surface area contributed by atoms with Crippen LogP contribution >= 0.6 is 0 Å². The summed E-state index contributed by atoms with van der Waals surface area (Å²) in [5.74, 6) is 0. The first-order valence-corrected chi connectivity index (χ1v) is 7.72. The minimum absolute atomic E-state index is 0.00803. The number of pyridine rings is 1. The summed E-state index contributed by atoms with van der Waals surface area (Å²) in [7, 11) is 0. The highest BCUT2D eigenvalue weighted by Crippen LogP contribution is 2.25. The highest BCUT2D eigenvalue weighted by atomic mass is 16.3. The molecular formula is C17H22N2O2. The smallest absolute Gasteiger partial charge is 0.256 e. The Morgan fingerprint density at radius 3 is 2.81 bits per heavy atom. The maximum Gasteiger partial charge on any atom is 0.256 e. The van der Waals surface area contributed by atoms with Gasteiger partial charge in [-0.25, -0.2) is 0 Å². The van der Waals surface area contributed by atoms with Crippen LogP contribution in [0.3, 0.4) is 0 Å². The summed E-state index contributed by atoms with van der Waals surface area (Å²) in [6.45, 7) is 4.09. The molecule has 1 aromatic heterocycles. The van der Waals surface area contributed by atoms with Crippen molar-refractivity contribution in [2.45, 2.75) is 38.8 Å².